The molecule has 0 spiro atoms. The van der Waals surface area contributed by atoms with Crippen molar-refractivity contribution in [3.05, 3.63) is 53.1 Å². The number of rotatable bonds is 1. The van der Waals surface area contributed by atoms with E-state index >= 15 is 0 Å². The van der Waals surface area contributed by atoms with Gasteiger partial charge in [-0.2, -0.15) is 0 Å². The molecule has 1 N–H and O–H groups in total. The van der Waals surface area contributed by atoms with Crippen molar-refractivity contribution in [1.82, 2.24) is 4.98 Å². The molecule has 1 aromatic heterocycles. The van der Waals surface area contributed by atoms with E-state index in [1.54, 1.807) is 7.11 Å². The Hall–Kier alpha value is -2.22. The van der Waals surface area contributed by atoms with Crippen LogP contribution in [0.3, 0.4) is 0 Å². The number of nitrogens with one attached hydrogen (secondary N) is 1. The Morgan fingerprint density at radius 1 is 1.16 bits per heavy atom. The Morgan fingerprint density at radius 2 is 2.00 bits per heavy atom. The van der Waals surface area contributed by atoms with Crippen LogP contribution in [0.2, 0.25) is 0 Å². The molecule has 3 aromatic rings. The Balaban J connectivity index is 2.03. The Labute approximate surface area is 112 Å². The van der Waals surface area contributed by atoms with Crippen LogP contribution in [-0.4, -0.2) is 12.1 Å². The van der Waals surface area contributed by atoms with Crippen LogP contribution in [0.5, 0.6) is 5.75 Å². The van der Waals surface area contributed by atoms with Gasteiger partial charge in [-0.1, -0.05) is 18.2 Å². The summed E-state index contributed by atoms with van der Waals surface area (Å²) in [5.41, 5.74) is 7.93. The number of aromatic nitrogens is 1. The summed E-state index contributed by atoms with van der Waals surface area (Å²) in [6.45, 7) is 2.15. The minimum absolute atomic E-state index is 0.950. The summed E-state index contributed by atoms with van der Waals surface area (Å²) in [7, 11) is 1.73. The molecule has 0 saturated heterocycles. The van der Waals surface area contributed by atoms with Crippen molar-refractivity contribution in [3.8, 4) is 17.0 Å². The molecule has 94 valence electrons. The lowest BCUT2D eigenvalue weighted by Gasteiger charge is -2.08. The van der Waals surface area contributed by atoms with Crippen molar-refractivity contribution in [2.45, 2.75) is 13.3 Å². The second-order valence-corrected chi connectivity index (χ2v) is 5.18. The number of fused-ring (bicyclic) bond motifs is 5. The summed E-state index contributed by atoms with van der Waals surface area (Å²) in [6, 6.07) is 12.8. The van der Waals surface area contributed by atoms with Gasteiger partial charge in [0.25, 0.3) is 0 Å². The minimum Gasteiger partial charge on any atom is -0.497 e. The number of aryl methyl sites for hydroxylation is 1. The molecule has 0 atom stereocenters. The van der Waals surface area contributed by atoms with Crippen molar-refractivity contribution in [3.63, 3.8) is 0 Å². The number of hydrogen-bond donors (Lipinski definition) is 1. The molecular weight excluding hydrogens is 234 g/mol. The van der Waals surface area contributed by atoms with E-state index in [0.29, 0.717) is 0 Å². The minimum atomic E-state index is 0.950. The third kappa shape index (κ3) is 1.37. The molecule has 1 heterocycles. The predicted molar refractivity (Wildman–Crippen MR) is 77.8 cm³/mol. The molecule has 0 amide bonds. The van der Waals surface area contributed by atoms with Gasteiger partial charge in [0.1, 0.15) is 5.75 Å². The lowest BCUT2D eigenvalue weighted by atomic mass is 10.0. The lowest BCUT2D eigenvalue weighted by Crippen LogP contribution is -1.90. The highest BCUT2D eigenvalue weighted by Crippen LogP contribution is 2.43. The highest BCUT2D eigenvalue weighted by molar-refractivity contribution is 5.95. The van der Waals surface area contributed by atoms with Gasteiger partial charge in [-0.25, -0.2) is 0 Å². The first-order valence-corrected chi connectivity index (χ1v) is 6.55. The van der Waals surface area contributed by atoms with Crippen LogP contribution in [0.25, 0.3) is 22.2 Å². The fraction of sp³-hybridized carbons (Fsp3) is 0.176. The molecule has 0 radical (unpaired) electrons. The van der Waals surface area contributed by atoms with Gasteiger partial charge in [-0.05, 0) is 41.8 Å². The standard InChI is InChI=1S/C17H15NO/c1-10-7-12(19-2)8-11-9-14-13-5-3-4-6-15(13)18-17(14)16(10)11/h3-8,18H,9H2,1-2H3. The molecule has 0 unspecified atom stereocenters. The second kappa shape index (κ2) is 3.64. The summed E-state index contributed by atoms with van der Waals surface area (Å²) in [5, 5.41) is 1.34. The SMILES string of the molecule is COc1cc(C)c2c(c1)Cc1c-2[nH]c2ccccc12. The van der Waals surface area contributed by atoms with Crippen LogP contribution in [0, 0.1) is 6.92 Å². The van der Waals surface area contributed by atoms with E-state index in [2.05, 4.69) is 48.3 Å². The molecule has 1 aliphatic rings. The Morgan fingerprint density at radius 3 is 2.84 bits per heavy atom. The molecule has 0 fully saturated rings. The van der Waals surface area contributed by atoms with Gasteiger partial charge in [-0.3, -0.25) is 0 Å². The van der Waals surface area contributed by atoms with Crippen molar-refractivity contribution in [2.24, 2.45) is 0 Å². The number of ether oxygens (including phenoxy) is 1. The van der Waals surface area contributed by atoms with Crippen molar-refractivity contribution in [2.75, 3.05) is 7.11 Å². The summed E-state index contributed by atoms with van der Waals surface area (Å²) < 4.78 is 5.37. The van der Waals surface area contributed by atoms with Gasteiger partial charge in [-0.15, -0.1) is 0 Å². The van der Waals surface area contributed by atoms with E-state index in [4.69, 9.17) is 4.74 Å². The van der Waals surface area contributed by atoms with E-state index < -0.39 is 0 Å². The first-order chi connectivity index (χ1) is 9.28. The average molecular weight is 249 g/mol. The van der Waals surface area contributed by atoms with E-state index in [1.807, 2.05) is 0 Å². The van der Waals surface area contributed by atoms with Crippen LogP contribution in [0.4, 0.5) is 0 Å². The van der Waals surface area contributed by atoms with Crippen molar-refractivity contribution in [1.29, 1.82) is 0 Å². The molecule has 1 aliphatic carbocycles. The number of para-hydroxylation sites is 1. The van der Waals surface area contributed by atoms with Gasteiger partial charge in [0, 0.05) is 22.9 Å². The van der Waals surface area contributed by atoms with Crippen LogP contribution in [0.15, 0.2) is 36.4 Å². The van der Waals surface area contributed by atoms with Gasteiger partial charge in [0.2, 0.25) is 0 Å². The summed E-state index contributed by atoms with van der Waals surface area (Å²) in [4.78, 5) is 3.57. The summed E-state index contributed by atoms with van der Waals surface area (Å²) >= 11 is 0. The Kier molecular flexibility index (Phi) is 2.05. The van der Waals surface area contributed by atoms with Crippen LogP contribution < -0.4 is 4.74 Å². The molecule has 2 nitrogen and oxygen atoms in total. The maximum absolute atomic E-state index is 5.37. The van der Waals surface area contributed by atoms with E-state index in [9.17, 15) is 0 Å². The number of H-pyrrole nitrogens is 1. The smallest absolute Gasteiger partial charge is 0.119 e. The van der Waals surface area contributed by atoms with Gasteiger partial charge in [0.05, 0.1) is 12.8 Å². The third-order valence-electron chi connectivity index (χ3n) is 4.06. The average Bonchev–Trinajstić information content (AvgIpc) is 2.94. The molecular formula is C17H15NO. The van der Waals surface area contributed by atoms with Crippen molar-refractivity contribution >= 4 is 10.9 Å². The topological polar surface area (TPSA) is 25.0 Å². The molecule has 2 aromatic carbocycles. The third-order valence-corrected chi connectivity index (χ3v) is 4.06. The maximum atomic E-state index is 5.37. The highest BCUT2D eigenvalue weighted by Gasteiger charge is 2.25. The highest BCUT2D eigenvalue weighted by atomic mass is 16.5. The zero-order chi connectivity index (χ0) is 13.0. The van der Waals surface area contributed by atoms with E-state index in [-0.39, 0.29) is 0 Å². The molecule has 4 rings (SSSR count). The molecule has 2 heteroatoms. The normalized spacial score (nSPS) is 12.5. The molecule has 0 saturated carbocycles. The lowest BCUT2D eigenvalue weighted by molar-refractivity contribution is 0.414. The number of aromatic amines is 1. The summed E-state index contributed by atoms with van der Waals surface area (Å²) in [5.74, 6) is 0.950. The molecule has 19 heavy (non-hydrogen) atoms. The van der Waals surface area contributed by atoms with Crippen LogP contribution in [-0.2, 0) is 6.42 Å². The maximum Gasteiger partial charge on any atom is 0.119 e. The van der Waals surface area contributed by atoms with Crippen LogP contribution in [0.1, 0.15) is 16.7 Å². The number of benzene rings is 2. The Bertz CT molecular complexity index is 798. The zero-order valence-corrected chi connectivity index (χ0v) is 11.1. The van der Waals surface area contributed by atoms with Gasteiger partial charge >= 0.3 is 0 Å². The van der Waals surface area contributed by atoms with Crippen molar-refractivity contribution < 1.29 is 4.74 Å². The second-order valence-electron chi connectivity index (χ2n) is 5.18. The van der Waals surface area contributed by atoms with Gasteiger partial charge < -0.3 is 9.72 Å². The summed E-state index contributed by atoms with van der Waals surface area (Å²) in [6.07, 6.45) is 0.993. The van der Waals surface area contributed by atoms with Gasteiger partial charge in [0.15, 0.2) is 0 Å². The molecule has 0 aliphatic heterocycles. The first kappa shape index (κ1) is 10.7. The monoisotopic (exact) mass is 249 g/mol. The first-order valence-electron chi connectivity index (χ1n) is 6.55. The van der Waals surface area contributed by atoms with E-state index in [0.717, 1.165) is 12.2 Å². The zero-order valence-electron chi connectivity index (χ0n) is 11.1. The largest absolute Gasteiger partial charge is 0.497 e. The fourth-order valence-corrected chi connectivity index (χ4v) is 3.23. The van der Waals surface area contributed by atoms with E-state index in [1.165, 1.54) is 38.9 Å². The number of methoxy groups -OCH3 is 1. The molecule has 0 bridgehead atoms. The quantitative estimate of drug-likeness (QED) is 0.540. The fourth-order valence-electron chi connectivity index (χ4n) is 3.23. The number of hydrogen-bond acceptors (Lipinski definition) is 1. The predicted octanol–water partition coefficient (Wildman–Crippen LogP) is 4.06. The van der Waals surface area contributed by atoms with Crippen LogP contribution >= 0.6 is 0 Å².